The van der Waals surface area contributed by atoms with Crippen molar-refractivity contribution in [2.75, 3.05) is 37.7 Å². The minimum atomic E-state index is -0.257. The number of benzene rings is 2. The van der Waals surface area contributed by atoms with Gasteiger partial charge in [0.25, 0.3) is 5.91 Å². The molecule has 0 radical (unpaired) electrons. The van der Waals surface area contributed by atoms with Crippen LogP contribution >= 0.6 is 0 Å². The van der Waals surface area contributed by atoms with Crippen LogP contribution < -0.4 is 9.64 Å². The number of hydrogen-bond acceptors (Lipinski definition) is 4. The number of ether oxygens (including phenoxy) is 1. The van der Waals surface area contributed by atoms with Crippen molar-refractivity contribution in [3.8, 4) is 11.8 Å². The number of piperazine rings is 1. The Morgan fingerprint density at radius 2 is 1.76 bits per heavy atom. The highest BCUT2D eigenvalue weighted by Gasteiger charge is 2.21. The second-order valence-electron chi connectivity index (χ2n) is 5.74. The van der Waals surface area contributed by atoms with Gasteiger partial charge in [-0.1, -0.05) is 12.1 Å². The van der Waals surface area contributed by atoms with Crippen molar-refractivity contribution >= 4 is 11.6 Å². The van der Waals surface area contributed by atoms with Crippen LogP contribution in [0.4, 0.5) is 10.1 Å². The maximum Gasteiger partial charge on any atom is 0.260 e. The lowest BCUT2D eigenvalue weighted by Crippen LogP contribution is -2.50. The number of nitriles is 1. The van der Waals surface area contributed by atoms with Crippen LogP contribution in [0.1, 0.15) is 5.56 Å². The van der Waals surface area contributed by atoms with Gasteiger partial charge >= 0.3 is 0 Å². The van der Waals surface area contributed by atoms with E-state index in [2.05, 4.69) is 4.90 Å². The van der Waals surface area contributed by atoms with Gasteiger partial charge in [-0.15, -0.1) is 0 Å². The second kappa shape index (κ2) is 7.67. The molecule has 128 valence electrons. The molecule has 0 saturated carbocycles. The number of hydrogen-bond donors (Lipinski definition) is 0. The van der Waals surface area contributed by atoms with E-state index in [0.29, 0.717) is 37.5 Å². The van der Waals surface area contributed by atoms with Crippen molar-refractivity contribution in [1.82, 2.24) is 4.90 Å². The Morgan fingerprint density at radius 1 is 1.08 bits per heavy atom. The average Bonchev–Trinajstić information content (AvgIpc) is 2.67. The minimum Gasteiger partial charge on any atom is -0.482 e. The number of amides is 1. The van der Waals surface area contributed by atoms with Gasteiger partial charge in [0.05, 0.1) is 5.56 Å². The third-order valence-corrected chi connectivity index (χ3v) is 4.18. The topological polar surface area (TPSA) is 56.6 Å². The molecule has 3 rings (SSSR count). The summed E-state index contributed by atoms with van der Waals surface area (Å²) in [4.78, 5) is 16.2. The summed E-state index contributed by atoms with van der Waals surface area (Å²) in [5.74, 6) is 0.0576. The Bertz CT molecular complexity index is 778. The van der Waals surface area contributed by atoms with Crippen LogP contribution in [-0.4, -0.2) is 43.6 Å². The van der Waals surface area contributed by atoms with Crippen LogP contribution in [0.5, 0.6) is 5.75 Å². The zero-order chi connectivity index (χ0) is 17.6. The van der Waals surface area contributed by atoms with Crippen molar-refractivity contribution in [3.05, 3.63) is 59.9 Å². The van der Waals surface area contributed by atoms with E-state index in [4.69, 9.17) is 10.00 Å². The molecule has 1 fully saturated rings. The molecule has 1 saturated heterocycles. The molecule has 1 heterocycles. The quantitative estimate of drug-likeness (QED) is 0.858. The maximum absolute atomic E-state index is 13.0. The first-order valence-corrected chi connectivity index (χ1v) is 8.07. The molecule has 1 aliphatic rings. The van der Waals surface area contributed by atoms with E-state index in [-0.39, 0.29) is 18.3 Å². The van der Waals surface area contributed by atoms with Crippen LogP contribution in [0, 0.1) is 17.1 Å². The molecule has 0 aliphatic carbocycles. The smallest absolute Gasteiger partial charge is 0.260 e. The number of anilines is 1. The highest BCUT2D eigenvalue weighted by molar-refractivity contribution is 5.78. The molecule has 1 amide bonds. The number of carbonyl (C=O) groups is 1. The summed E-state index contributed by atoms with van der Waals surface area (Å²) in [6, 6.07) is 15.3. The summed E-state index contributed by atoms with van der Waals surface area (Å²) < 4.78 is 18.5. The third-order valence-electron chi connectivity index (χ3n) is 4.18. The largest absolute Gasteiger partial charge is 0.482 e. The van der Waals surface area contributed by atoms with E-state index >= 15 is 0 Å². The molecule has 1 aliphatic heterocycles. The van der Waals surface area contributed by atoms with Crippen molar-refractivity contribution in [2.24, 2.45) is 0 Å². The van der Waals surface area contributed by atoms with Gasteiger partial charge in [-0.2, -0.15) is 5.26 Å². The fraction of sp³-hybridized carbons (Fsp3) is 0.263. The van der Waals surface area contributed by atoms with Gasteiger partial charge in [0.1, 0.15) is 17.6 Å². The fourth-order valence-electron chi connectivity index (χ4n) is 2.78. The molecule has 2 aromatic carbocycles. The molecule has 0 bridgehead atoms. The average molecular weight is 339 g/mol. The van der Waals surface area contributed by atoms with Gasteiger partial charge in [0.15, 0.2) is 6.61 Å². The normalized spacial score (nSPS) is 14.1. The van der Waals surface area contributed by atoms with Crippen molar-refractivity contribution < 1.29 is 13.9 Å². The summed E-state index contributed by atoms with van der Waals surface area (Å²) >= 11 is 0. The molecular weight excluding hydrogens is 321 g/mol. The van der Waals surface area contributed by atoms with Crippen LogP contribution in [0.25, 0.3) is 0 Å². The first kappa shape index (κ1) is 16.8. The minimum absolute atomic E-state index is 0.0881. The Balaban J connectivity index is 1.51. The van der Waals surface area contributed by atoms with Gasteiger partial charge in [0, 0.05) is 31.9 Å². The monoisotopic (exact) mass is 339 g/mol. The molecule has 0 N–H and O–H groups in total. The zero-order valence-electron chi connectivity index (χ0n) is 13.7. The summed E-state index contributed by atoms with van der Waals surface area (Å²) in [6.45, 7) is 2.45. The molecule has 0 unspecified atom stereocenters. The molecule has 0 aromatic heterocycles. The number of carbonyl (C=O) groups excluding carboxylic acids is 1. The summed E-state index contributed by atoms with van der Waals surface area (Å²) in [5.41, 5.74) is 1.36. The lowest BCUT2D eigenvalue weighted by atomic mass is 10.2. The molecule has 6 heteroatoms. The summed E-state index contributed by atoms with van der Waals surface area (Å²) in [6.07, 6.45) is 0. The van der Waals surface area contributed by atoms with E-state index in [9.17, 15) is 9.18 Å². The highest BCUT2D eigenvalue weighted by atomic mass is 19.1. The van der Waals surface area contributed by atoms with Gasteiger partial charge in [0.2, 0.25) is 0 Å². The fourth-order valence-corrected chi connectivity index (χ4v) is 2.78. The third kappa shape index (κ3) is 4.07. The lowest BCUT2D eigenvalue weighted by molar-refractivity contribution is -0.133. The van der Waals surface area contributed by atoms with E-state index in [0.717, 1.165) is 5.69 Å². The predicted octanol–water partition coefficient (Wildman–Crippen LogP) is 2.42. The zero-order valence-corrected chi connectivity index (χ0v) is 13.7. The van der Waals surface area contributed by atoms with Crippen molar-refractivity contribution in [1.29, 1.82) is 5.26 Å². The first-order chi connectivity index (χ1) is 12.2. The van der Waals surface area contributed by atoms with E-state index in [1.54, 1.807) is 41.3 Å². The Kier molecular flexibility index (Phi) is 5.14. The SMILES string of the molecule is N#Cc1ccccc1OCC(=O)N1CCN(c2ccc(F)cc2)CC1. The van der Waals surface area contributed by atoms with Crippen molar-refractivity contribution in [3.63, 3.8) is 0 Å². The Hall–Kier alpha value is -3.07. The second-order valence-corrected chi connectivity index (χ2v) is 5.74. The van der Waals surface area contributed by atoms with E-state index in [1.165, 1.54) is 12.1 Å². The van der Waals surface area contributed by atoms with Crippen LogP contribution in [0.3, 0.4) is 0 Å². The molecule has 25 heavy (non-hydrogen) atoms. The highest BCUT2D eigenvalue weighted by Crippen LogP contribution is 2.18. The predicted molar refractivity (Wildman–Crippen MR) is 91.8 cm³/mol. The maximum atomic E-state index is 13.0. The van der Waals surface area contributed by atoms with Crippen LogP contribution in [0.15, 0.2) is 48.5 Å². The number of nitrogens with zero attached hydrogens (tertiary/aromatic N) is 3. The van der Waals surface area contributed by atoms with E-state index in [1.807, 2.05) is 6.07 Å². The van der Waals surface area contributed by atoms with Gasteiger partial charge in [-0.25, -0.2) is 4.39 Å². The Morgan fingerprint density at radius 3 is 2.44 bits per heavy atom. The molecule has 5 nitrogen and oxygen atoms in total. The molecule has 0 atom stereocenters. The van der Waals surface area contributed by atoms with Gasteiger partial charge < -0.3 is 14.5 Å². The van der Waals surface area contributed by atoms with Crippen molar-refractivity contribution in [2.45, 2.75) is 0 Å². The first-order valence-electron chi connectivity index (χ1n) is 8.07. The lowest BCUT2D eigenvalue weighted by Gasteiger charge is -2.36. The Labute approximate surface area is 145 Å². The standard InChI is InChI=1S/C19H18FN3O2/c20-16-5-7-17(8-6-16)22-9-11-23(12-10-22)19(24)14-25-18-4-2-1-3-15(18)13-21/h1-8H,9-12,14H2. The van der Waals surface area contributed by atoms with Gasteiger partial charge in [-0.3, -0.25) is 4.79 Å². The number of para-hydroxylation sites is 1. The van der Waals surface area contributed by atoms with Crippen LogP contribution in [0.2, 0.25) is 0 Å². The molecular formula is C19H18FN3O2. The summed E-state index contributed by atoms with van der Waals surface area (Å²) in [7, 11) is 0. The summed E-state index contributed by atoms with van der Waals surface area (Å²) in [5, 5.41) is 9.03. The van der Waals surface area contributed by atoms with E-state index < -0.39 is 0 Å². The molecule has 2 aromatic rings. The van der Waals surface area contributed by atoms with Gasteiger partial charge in [-0.05, 0) is 36.4 Å². The van der Waals surface area contributed by atoms with Crippen LogP contribution in [-0.2, 0) is 4.79 Å². The number of rotatable bonds is 4. The number of halogens is 1. The molecule has 0 spiro atoms.